The van der Waals surface area contributed by atoms with Crippen LogP contribution in [-0.4, -0.2) is 50.7 Å². The molecule has 0 aromatic heterocycles. The van der Waals surface area contributed by atoms with Gasteiger partial charge in [0.05, 0.1) is 14.2 Å². The van der Waals surface area contributed by atoms with E-state index in [-0.39, 0.29) is 11.9 Å². The summed E-state index contributed by atoms with van der Waals surface area (Å²) in [6.07, 6.45) is 0.677. The molecule has 0 saturated carbocycles. The molecular weight excluding hydrogens is 358 g/mol. The van der Waals surface area contributed by atoms with Gasteiger partial charge in [-0.25, -0.2) is 4.79 Å². The lowest BCUT2D eigenvalue weighted by Gasteiger charge is -2.21. The highest BCUT2D eigenvalue weighted by molar-refractivity contribution is 5.89. The van der Waals surface area contributed by atoms with Crippen molar-refractivity contribution in [3.05, 3.63) is 54.1 Å². The van der Waals surface area contributed by atoms with Crippen LogP contribution in [-0.2, 0) is 11.2 Å². The third-order valence-corrected chi connectivity index (χ3v) is 4.26. The fourth-order valence-corrected chi connectivity index (χ4v) is 2.73. The molecule has 2 aromatic rings. The second-order valence-electron chi connectivity index (χ2n) is 6.19. The second kappa shape index (κ2) is 10.8. The van der Waals surface area contributed by atoms with Gasteiger partial charge in [-0.05, 0) is 36.2 Å². The van der Waals surface area contributed by atoms with Gasteiger partial charge >= 0.3 is 6.03 Å². The molecule has 2 aromatic carbocycles. The average molecular weight is 385 g/mol. The summed E-state index contributed by atoms with van der Waals surface area (Å²) in [4.78, 5) is 25.5. The lowest BCUT2D eigenvalue weighted by atomic mass is 10.1. The summed E-state index contributed by atoms with van der Waals surface area (Å²) < 4.78 is 10.5. The van der Waals surface area contributed by atoms with Crippen molar-refractivity contribution in [2.24, 2.45) is 0 Å². The van der Waals surface area contributed by atoms with Crippen molar-refractivity contribution >= 4 is 17.6 Å². The highest BCUT2D eigenvalue weighted by atomic mass is 16.5. The van der Waals surface area contributed by atoms with Gasteiger partial charge in [0.25, 0.3) is 0 Å². The molecule has 28 heavy (non-hydrogen) atoms. The smallest absolute Gasteiger partial charge is 0.319 e. The number of amides is 3. The molecule has 2 rings (SSSR count). The molecule has 0 fully saturated rings. The van der Waals surface area contributed by atoms with Crippen LogP contribution in [0.25, 0.3) is 0 Å². The molecule has 0 aliphatic rings. The van der Waals surface area contributed by atoms with Gasteiger partial charge in [-0.3, -0.25) is 4.79 Å². The van der Waals surface area contributed by atoms with Crippen molar-refractivity contribution in [3.63, 3.8) is 0 Å². The molecule has 7 heteroatoms. The van der Waals surface area contributed by atoms with Crippen molar-refractivity contribution in [3.8, 4) is 11.5 Å². The number of carbonyl (C=O) groups is 2. The summed E-state index contributed by atoms with van der Waals surface area (Å²) in [5, 5.41) is 5.51. The molecule has 0 atom stereocenters. The first kappa shape index (κ1) is 21.1. The van der Waals surface area contributed by atoms with Gasteiger partial charge in [0.15, 0.2) is 11.5 Å². The number of carbonyl (C=O) groups excluding carboxylic acids is 2. The highest BCUT2D eigenvalue weighted by Gasteiger charge is 2.11. The topological polar surface area (TPSA) is 79.9 Å². The minimum Gasteiger partial charge on any atom is -0.493 e. The Morgan fingerprint density at radius 2 is 1.68 bits per heavy atom. The number of rotatable bonds is 9. The normalized spacial score (nSPS) is 10.1. The van der Waals surface area contributed by atoms with Gasteiger partial charge in [-0.1, -0.05) is 24.3 Å². The molecule has 0 spiro atoms. The van der Waals surface area contributed by atoms with Crippen molar-refractivity contribution < 1.29 is 19.1 Å². The van der Waals surface area contributed by atoms with Crippen molar-refractivity contribution in [2.45, 2.75) is 13.3 Å². The van der Waals surface area contributed by atoms with Crippen LogP contribution in [0.15, 0.2) is 48.5 Å². The Balaban J connectivity index is 1.81. The molecule has 150 valence electrons. The fourth-order valence-electron chi connectivity index (χ4n) is 2.73. The van der Waals surface area contributed by atoms with Gasteiger partial charge in [0.1, 0.15) is 0 Å². The first-order valence-corrected chi connectivity index (χ1v) is 9.09. The highest BCUT2D eigenvalue weighted by Crippen LogP contribution is 2.27. The molecule has 7 nitrogen and oxygen atoms in total. The van der Waals surface area contributed by atoms with Gasteiger partial charge < -0.3 is 25.0 Å². The van der Waals surface area contributed by atoms with Crippen LogP contribution < -0.4 is 20.1 Å². The number of nitrogens with zero attached hydrogens (tertiary/aromatic N) is 1. The largest absolute Gasteiger partial charge is 0.493 e. The maximum atomic E-state index is 11.9. The van der Waals surface area contributed by atoms with Crippen LogP contribution in [0.1, 0.15) is 12.5 Å². The van der Waals surface area contributed by atoms with E-state index >= 15 is 0 Å². The van der Waals surface area contributed by atoms with Crippen molar-refractivity contribution in [2.75, 3.05) is 39.2 Å². The fraction of sp³-hybridized carbons (Fsp3) is 0.333. The zero-order chi connectivity index (χ0) is 20.4. The zero-order valence-corrected chi connectivity index (χ0v) is 16.5. The van der Waals surface area contributed by atoms with E-state index in [1.165, 1.54) is 6.92 Å². The summed E-state index contributed by atoms with van der Waals surface area (Å²) in [5.41, 5.74) is 1.76. The number of nitrogens with one attached hydrogen (secondary N) is 2. The van der Waals surface area contributed by atoms with Gasteiger partial charge in [-0.2, -0.15) is 0 Å². The Morgan fingerprint density at radius 1 is 0.964 bits per heavy atom. The van der Waals surface area contributed by atoms with Gasteiger partial charge in [0.2, 0.25) is 5.91 Å². The van der Waals surface area contributed by atoms with Crippen LogP contribution in [0.3, 0.4) is 0 Å². The average Bonchev–Trinajstić information content (AvgIpc) is 2.70. The van der Waals surface area contributed by atoms with E-state index in [1.807, 2.05) is 48.5 Å². The van der Waals surface area contributed by atoms with Crippen LogP contribution in [0.2, 0.25) is 0 Å². The number of hydrogen-bond acceptors (Lipinski definition) is 4. The predicted octanol–water partition coefficient (Wildman–Crippen LogP) is 2.92. The lowest BCUT2D eigenvalue weighted by molar-refractivity contribution is -0.128. The monoisotopic (exact) mass is 385 g/mol. The molecular formula is C21H27N3O4. The zero-order valence-electron chi connectivity index (χ0n) is 16.5. The molecule has 0 aliphatic carbocycles. The predicted molar refractivity (Wildman–Crippen MR) is 109 cm³/mol. The lowest BCUT2D eigenvalue weighted by Crippen LogP contribution is -2.39. The van der Waals surface area contributed by atoms with Gasteiger partial charge in [-0.15, -0.1) is 0 Å². The first-order chi connectivity index (χ1) is 13.5. The van der Waals surface area contributed by atoms with Crippen LogP contribution in [0.4, 0.5) is 10.5 Å². The summed E-state index contributed by atoms with van der Waals surface area (Å²) >= 11 is 0. The Bertz CT molecular complexity index is 780. The van der Waals surface area contributed by atoms with E-state index in [1.54, 1.807) is 19.1 Å². The van der Waals surface area contributed by atoms with Crippen molar-refractivity contribution in [1.82, 2.24) is 10.2 Å². The van der Waals surface area contributed by atoms with Crippen LogP contribution in [0, 0.1) is 0 Å². The summed E-state index contributed by atoms with van der Waals surface area (Å²) in [6, 6.07) is 14.6. The molecule has 0 unspecified atom stereocenters. The SMILES string of the molecule is COc1ccc(CCN(CCNC(=O)Nc2ccccc2)C(C)=O)cc1OC. The number of para-hydroxylation sites is 1. The van der Waals surface area contributed by atoms with Crippen LogP contribution in [0.5, 0.6) is 11.5 Å². The minimum atomic E-state index is -0.297. The van der Waals surface area contributed by atoms with E-state index < -0.39 is 0 Å². The quantitative estimate of drug-likeness (QED) is 0.696. The Kier molecular flexibility index (Phi) is 8.14. The summed E-state index contributed by atoms with van der Waals surface area (Å²) in [6.45, 7) is 2.88. The minimum absolute atomic E-state index is 0.0363. The summed E-state index contributed by atoms with van der Waals surface area (Å²) in [7, 11) is 3.19. The van der Waals surface area contributed by atoms with Gasteiger partial charge in [0, 0.05) is 32.2 Å². The van der Waals surface area contributed by atoms with Crippen molar-refractivity contribution in [1.29, 1.82) is 0 Å². The number of hydrogen-bond donors (Lipinski definition) is 2. The number of anilines is 1. The van der Waals surface area contributed by atoms with E-state index in [0.29, 0.717) is 37.6 Å². The first-order valence-electron chi connectivity index (χ1n) is 9.09. The third-order valence-electron chi connectivity index (χ3n) is 4.26. The maximum absolute atomic E-state index is 11.9. The third kappa shape index (κ3) is 6.50. The van der Waals surface area contributed by atoms with E-state index in [9.17, 15) is 9.59 Å². The Labute approximate surface area is 165 Å². The number of ether oxygens (including phenoxy) is 2. The summed E-state index contributed by atoms with van der Waals surface area (Å²) in [5.74, 6) is 1.29. The number of methoxy groups -OCH3 is 2. The number of benzene rings is 2. The number of urea groups is 1. The van der Waals surface area contributed by atoms with E-state index in [0.717, 1.165) is 11.3 Å². The Hall–Kier alpha value is -3.22. The maximum Gasteiger partial charge on any atom is 0.319 e. The Morgan fingerprint density at radius 3 is 2.32 bits per heavy atom. The van der Waals surface area contributed by atoms with E-state index in [4.69, 9.17) is 9.47 Å². The molecule has 2 N–H and O–H groups in total. The molecule has 0 bridgehead atoms. The molecule has 3 amide bonds. The molecule has 0 aliphatic heterocycles. The van der Waals surface area contributed by atoms with Crippen LogP contribution >= 0.6 is 0 Å². The molecule has 0 heterocycles. The molecule has 0 saturated heterocycles. The standard InChI is InChI=1S/C21H27N3O4/c1-16(25)24(13-11-17-9-10-19(27-2)20(15-17)28-3)14-12-22-21(26)23-18-7-5-4-6-8-18/h4-10,15H,11-14H2,1-3H3,(H2,22,23,26). The van der Waals surface area contributed by atoms with E-state index in [2.05, 4.69) is 10.6 Å². The second-order valence-corrected chi connectivity index (χ2v) is 6.19. The molecule has 0 radical (unpaired) electrons.